The van der Waals surface area contributed by atoms with E-state index in [0.717, 1.165) is 18.4 Å². The lowest BCUT2D eigenvalue weighted by Gasteiger charge is -2.30. The van der Waals surface area contributed by atoms with Crippen molar-refractivity contribution in [3.05, 3.63) is 60.2 Å². The zero-order valence-corrected chi connectivity index (χ0v) is 32.7. The number of carbonyl (C=O) groups is 4. The Kier molecular flexibility index (Phi) is 11.1. The maximum absolute atomic E-state index is 15.8. The zero-order valence-electron chi connectivity index (χ0n) is 32.7. The van der Waals surface area contributed by atoms with Crippen molar-refractivity contribution in [1.29, 1.82) is 0 Å². The lowest BCUT2D eigenvalue weighted by Crippen LogP contribution is -2.51. The molecule has 3 aliphatic rings. The number of hydrogen-bond acceptors (Lipinski definition) is 10. The maximum atomic E-state index is 15.8. The number of halogens is 1. The summed E-state index contributed by atoms with van der Waals surface area (Å²) in [6.45, 7) is 8.45. The molecule has 2 fully saturated rings. The van der Waals surface area contributed by atoms with E-state index in [4.69, 9.17) is 18.9 Å². The van der Waals surface area contributed by atoms with Gasteiger partial charge in [-0.15, -0.1) is 0 Å². The summed E-state index contributed by atoms with van der Waals surface area (Å²) in [4.78, 5) is 70.2. The Bertz CT molecular complexity index is 2170. The molecule has 0 spiro atoms. The third kappa shape index (κ3) is 7.82. The van der Waals surface area contributed by atoms with Crippen LogP contribution < -0.4 is 20.1 Å². The molecule has 57 heavy (non-hydrogen) atoms. The van der Waals surface area contributed by atoms with Gasteiger partial charge in [0, 0.05) is 30.3 Å². The number of methoxy groups -OCH3 is 2. The van der Waals surface area contributed by atoms with Crippen molar-refractivity contribution in [2.45, 2.75) is 77.5 Å². The normalized spacial score (nSPS) is 18.3. The molecule has 2 aromatic heterocycles. The van der Waals surface area contributed by atoms with Crippen LogP contribution in [0, 0.1) is 17.7 Å². The second-order valence-corrected chi connectivity index (χ2v) is 15.1. The number of nitrogens with zero attached hydrogens (tertiary/aromatic N) is 4. The van der Waals surface area contributed by atoms with Gasteiger partial charge in [0.1, 0.15) is 29.5 Å². The fourth-order valence-electron chi connectivity index (χ4n) is 7.66. The van der Waals surface area contributed by atoms with Crippen LogP contribution in [0.5, 0.6) is 23.0 Å². The van der Waals surface area contributed by atoms with Gasteiger partial charge >= 0.3 is 12.2 Å². The monoisotopic (exact) mass is 786 g/mol. The van der Waals surface area contributed by atoms with Crippen molar-refractivity contribution < 1.29 is 42.5 Å². The molecule has 5 heterocycles. The minimum absolute atomic E-state index is 0.152. The van der Waals surface area contributed by atoms with Crippen LogP contribution in [0.1, 0.15) is 77.1 Å². The van der Waals surface area contributed by atoms with Crippen LogP contribution in [-0.2, 0) is 19.1 Å². The van der Waals surface area contributed by atoms with Crippen molar-refractivity contribution in [2.24, 2.45) is 11.8 Å². The molecular weight excluding hydrogens is 739 g/mol. The van der Waals surface area contributed by atoms with Crippen LogP contribution in [0.4, 0.5) is 14.0 Å². The summed E-state index contributed by atoms with van der Waals surface area (Å²) >= 11 is 0. The standard InChI is InChI=1S/C40H47FN8O8/c1-20(2)33(46-39(52)54-5)37(50)48-13-7-9-27(48)35-42-18-25(44-35)22-11-12-29-30(15-22)57-32-17-24(41)23(16-31(32)56-29)26-19-43-36(45-26)28-10-8-14-49(28)38(51)34(21(3)4)47-40(53)55-6/h11-12,15-21,27-28,33-34H,7-10,13-14H2,1-6H3,(H,42,44)(H,43,45)(H,46,52)(H,47,53). The Hall–Kier alpha value is -6.13. The number of H-pyrrole nitrogens is 2. The highest BCUT2D eigenvalue weighted by Crippen LogP contribution is 2.48. The van der Waals surface area contributed by atoms with E-state index >= 15 is 4.39 Å². The number of carbonyl (C=O) groups excluding carboxylic acids is 4. The summed E-state index contributed by atoms with van der Waals surface area (Å²) in [6, 6.07) is 5.99. The summed E-state index contributed by atoms with van der Waals surface area (Å²) in [7, 11) is 2.51. The molecule has 4 unspecified atom stereocenters. The first kappa shape index (κ1) is 39.1. The lowest BCUT2D eigenvalue weighted by atomic mass is 10.0. The number of likely N-dealkylation sites (tertiary alicyclic amines) is 2. The minimum Gasteiger partial charge on any atom is -0.453 e. The van der Waals surface area contributed by atoms with E-state index in [1.54, 1.807) is 34.2 Å². The number of fused-ring (bicyclic) bond motifs is 2. The molecule has 2 saturated heterocycles. The van der Waals surface area contributed by atoms with Crippen molar-refractivity contribution in [3.63, 3.8) is 0 Å². The molecule has 16 nitrogen and oxygen atoms in total. The van der Waals surface area contributed by atoms with Crippen molar-refractivity contribution in [1.82, 2.24) is 40.4 Å². The molecular formula is C40H47FN8O8. The van der Waals surface area contributed by atoms with Gasteiger partial charge in [0.15, 0.2) is 23.0 Å². The van der Waals surface area contributed by atoms with Gasteiger partial charge in [-0.1, -0.05) is 27.7 Å². The van der Waals surface area contributed by atoms with Gasteiger partial charge in [0.25, 0.3) is 0 Å². The largest absolute Gasteiger partial charge is 0.453 e. The number of amides is 4. The van der Waals surface area contributed by atoms with Crippen LogP contribution in [-0.4, -0.2) is 93.1 Å². The van der Waals surface area contributed by atoms with Gasteiger partial charge < -0.3 is 49.3 Å². The maximum Gasteiger partial charge on any atom is 0.407 e. The van der Waals surface area contributed by atoms with E-state index in [9.17, 15) is 19.2 Å². The van der Waals surface area contributed by atoms with E-state index < -0.39 is 30.1 Å². The third-order valence-corrected chi connectivity index (χ3v) is 10.7. The quantitative estimate of drug-likeness (QED) is 0.120. The highest BCUT2D eigenvalue weighted by Gasteiger charge is 2.39. The number of aromatic amines is 2. The van der Waals surface area contributed by atoms with Crippen LogP contribution in [0.15, 0.2) is 42.7 Å². The number of benzene rings is 2. The Morgan fingerprint density at radius 2 is 1.23 bits per heavy atom. The molecule has 0 bridgehead atoms. The van der Waals surface area contributed by atoms with Crippen LogP contribution in [0.2, 0.25) is 0 Å². The summed E-state index contributed by atoms with van der Waals surface area (Å²) in [5.41, 5.74) is 2.04. The summed E-state index contributed by atoms with van der Waals surface area (Å²) in [5, 5.41) is 5.30. The second-order valence-electron chi connectivity index (χ2n) is 15.1. The number of ether oxygens (including phenoxy) is 4. The van der Waals surface area contributed by atoms with Crippen LogP contribution >= 0.6 is 0 Å². The average Bonchev–Trinajstić information content (AvgIpc) is 4.03. The van der Waals surface area contributed by atoms with E-state index in [1.807, 2.05) is 33.8 Å². The zero-order chi connectivity index (χ0) is 40.5. The molecule has 3 aliphatic heterocycles. The molecule has 7 rings (SSSR count). The highest BCUT2D eigenvalue weighted by atomic mass is 19.1. The minimum atomic E-state index is -0.777. The number of aromatic nitrogens is 4. The van der Waals surface area contributed by atoms with Gasteiger partial charge in [-0.3, -0.25) is 9.59 Å². The summed E-state index contributed by atoms with van der Waals surface area (Å²) in [5.74, 6) is 1.10. The smallest absolute Gasteiger partial charge is 0.407 e. The van der Waals surface area contributed by atoms with Gasteiger partial charge in [-0.05, 0) is 61.8 Å². The first-order chi connectivity index (χ1) is 27.4. The first-order valence-electron chi connectivity index (χ1n) is 19.1. The van der Waals surface area contributed by atoms with Gasteiger partial charge in [-0.25, -0.2) is 23.9 Å². The van der Waals surface area contributed by atoms with Crippen LogP contribution in [0.3, 0.4) is 0 Å². The third-order valence-electron chi connectivity index (χ3n) is 10.7. The number of rotatable bonds is 10. The number of hydrogen-bond donors (Lipinski definition) is 4. The fourth-order valence-corrected chi connectivity index (χ4v) is 7.66. The molecule has 0 aliphatic carbocycles. The molecule has 17 heteroatoms. The predicted octanol–water partition coefficient (Wildman–Crippen LogP) is 6.59. The summed E-state index contributed by atoms with van der Waals surface area (Å²) in [6.07, 6.45) is 4.76. The molecule has 2 aromatic carbocycles. The fraction of sp³-hybridized carbons (Fsp3) is 0.450. The Labute approximate surface area is 328 Å². The first-order valence-corrected chi connectivity index (χ1v) is 19.1. The van der Waals surface area contributed by atoms with Crippen LogP contribution in [0.25, 0.3) is 22.5 Å². The van der Waals surface area contributed by atoms with E-state index in [-0.39, 0.29) is 47.0 Å². The molecule has 4 amide bonds. The van der Waals surface area contributed by atoms with Gasteiger partial charge in [0.2, 0.25) is 11.8 Å². The van der Waals surface area contributed by atoms with Gasteiger partial charge in [0.05, 0.1) is 50.1 Å². The molecule has 0 radical (unpaired) electrons. The lowest BCUT2D eigenvalue weighted by molar-refractivity contribution is -0.136. The Morgan fingerprint density at radius 1 is 0.737 bits per heavy atom. The highest BCUT2D eigenvalue weighted by molar-refractivity contribution is 5.87. The SMILES string of the molecule is COC(=O)NC(C(=O)N1CCCC1c1ncc(-c2ccc3c(c2)Oc2cc(F)c(-c4cnc(C5CCCN5C(=O)C(NC(=O)OC)C(C)C)[nH]4)cc2O3)[nH]1)C(C)C. The van der Waals surface area contributed by atoms with E-state index in [1.165, 1.54) is 26.5 Å². The molecule has 4 aromatic rings. The second kappa shape index (κ2) is 16.2. The number of imidazole rings is 2. The van der Waals surface area contributed by atoms with Crippen molar-refractivity contribution >= 4 is 24.0 Å². The summed E-state index contributed by atoms with van der Waals surface area (Å²) < 4.78 is 37.6. The van der Waals surface area contributed by atoms with Gasteiger partial charge in [-0.2, -0.15) is 0 Å². The predicted molar refractivity (Wildman–Crippen MR) is 204 cm³/mol. The Balaban J connectivity index is 1.06. The topological polar surface area (TPSA) is 193 Å². The molecule has 0 saturated carbocycles. The average molecular weight is 787 g/mol. The van der Waals surface area contributed by atoms with E-state index in [2.05, 4.69) is 30.6 Å². The molecule has 4 N–H and O–H groups in total. The van der Waals surface area contributed by atoms with E-state index in [0.29, 0.717) is 66.2 Å². The van der Waals surface area contributed by atoms with Crippen molar-refractivity contribution in [3.8, 4) is 45.5 Å². The number of nitrogens with one attached hydrogen (secondary N) is 4. The van der Waals surface area contributed by atoms with Crippen molar-refractivity contribution in [2.75, 3.05) is 27.3 Å². The Morgan fingerprint density at radius 3 is 1.77 bits per heavy atom. The molecule has 4 atom stereocenters. The number of alkyl carbamates (subject to hydrolysis) is 2. The molecule has 302 valence electrons.